The average Bonchev–Trinajstić information content (AvgIpc) is 3.18. The van der Waals surface area contributed by atoms with E-state index in [1.54, 1.807) is 18.4 Å². The Morgan fingerprint density at radius 2 is 2.32 bits per heavy atom. The number of quaternary nitrogens is 1. The van der Waals surface area contributed by atoms with Crippen LogP contribution >= 0.6 is 11.3 Å². The zero-order valence-corrected chi connectivity index (χ0v) is 13.5. The Morgan fingerprint density at radius 1 is 1.41 bits per heavy atom. The van der Waals surface area contributed by atoms with Crippen molar-refractivity contribution >= 4 is 22.9 Å². The number of likely N-dealkylation sites (tertiary alicyclic amines) is 1. The van der Waals surface area contributed by atoms with Crippen molar-refractivity contribution in [2.45, 2.75) is 18.9 Å². The largest absolute Gasteiger partial charge is 0.497 e. The quantitative estimate of drug-likeness (QED) is 0.887. The molecule has 3 rings (SSSR count). The van der Waals surface area contributed by atoms with Gasteiger partial charge < -0.3 is 15.0 Å². The van der Waals surface area contributed by atoms with Crippen molar-refractivity contribution in [1.82, 2.24) is 0 Å². The maximum atomic E-state index is 12.3. The second kappa shape index (κ2) is 6.94. The molecule has 1 aliphatic rings. The fraction of sp³-hybridized carbons (Fsp3) is 0.353. The molecule has 0 aliphatic carbocycles. The van der Waals surface area contributed by atoms with Crippen LogP contribution in [0.2, 0.25) is 0 Å². The van der Waals surface area contributed by atoms with Crippen LogP contribution in [-0.4, -0.2) is 26.1 Å². The highest BCUT2D eigenvalue weighted by molar-refractivity contribution is 7.10. The van der Waals surface area contributed by atoms with Gasteiger partial charge in [-0.2, -0.15) is 0 Å². The number of anilines is 1. The number of nitrogens with one attached hydrogen (secondary N) is 2. The summed E-state index contributed by atoms with van der Waals surface area (Å²) in [4.78, 5) is 15.1. The Hall–Kier alpha value is -1.85. The Labute approximate surface area is 134 Å². The third-order valence-corrected chi connectivity index (χ3v) is 5.10. The van der Waals surface area contributed by atoms with Gasteiger partial charge in [0.25, 0.3) is 5.91 Å². The van der Waals surface area contributed by atoms with E-state index in [1.165, 1.54) is 22.6 Å². The highest BCUT2D eigenvalue weighted by Crippen LogP contribution is 2.23. The van der Waals surface area contributed by atoms with E-state index in [4.69, 9.17) is 4.74 Å². The minimum Gasteiger partial charge on any atom is -0.497 e. The molecule has 2 aromatic rings. The van der Waals surface area contributed by atoms with Gasteiger partial charge in [0.05, 0.1) is 18.5 Å². The molecule has 1 fully saturated rings. The van der Waals surface area contributed by atoms with E-state index in [-0.39, 0.29) is 5.91 Å². The van der Waals surface area contributed by atoms with Crippen LogP contribution in [0.4, 0.5) is 5.69 Å². The van der Waals surface area contributed by atoms with E-state index in [0.717, 1.165) is 18.0 Å². The van der Waals surface area contributed by atoms with Crippen molar-refractivity contribution in [2.24, 2.45) is 0 Å². The molecular formula is C17H21N2O2S+. The molecular weight excluding hydrogens is 296 g/mol. The first kappa shape index (κ1) is 15.1. The zero-order valence-electron chi connectivity index (χ0n) is 12.7. The van der Waals surface area contributed by atoms with Gasteiger partial charge in [0.15, 0.2) is 6.54 Å². The first-order valence-electron chi connectivity index (χ1n) is 7.58. The Morgan fingerprint density at radius 3 is 3.09 bits per heavy atom. The molecule has 1 saturated heterocycles. The Kier molecular flexibility index (Phi) is 4.75. The maximum Gasteiger partial charge on any atom is 0.279 e. The van der Waals surface area contributed by atoms with E-state index in [1.807, 2.05) is 24.3 Å². The van der Waals surface area contributed by atoms with Crippen molar-refractivity contribution in [3.63, 3.8) is 0 Å². The molecule has 0 saturated carbocycles. The predicted molar refractivity (Wildman–Crippen MR) is 88.6 cm³/mol. The third-order valence-electron chi connectivity index (χ3n) is 4.11. The van der Waals surface area contributed by atoms with Gasteiger partial charge in [-0.15, -0.1) is 11.3 Å². The molecule has 116 valence electrons. The van der Waals surface area contributed by atoms with Gasteiger partial charge in [0.2, 0.25) is 0 Å². The minimum absolute atomic E-state index is 0.0618. The number of amides is 1. The summed E-state index contributed by atoms with van der Waals surface area (Å²) in [5.41, 5.74) is 0.788. The average molecular weight is 317 g/mol. The van der Waals surface area contributed by atoms with Crippen LogP contribution in [0, 0.1) is 0 Å². The molecule has 0 radical (unpaired) electrons. The molecule has 22 heavy (non-hydrogen) atoms. The van der Waals surface area contributed by atoms with Crippen molar-refractivity contribution in [3.8, 4) is 5.75 Å². The van der Waals surface area contributed by atoms with E-state index in [0.29, 0.717) is 12.6 Å². The zero-order chi connectivity index (χ0) is 15.4. The lowest BCUT2D eigenvalue weighted by molar-refractivity contribution is -0.910. The fourth-order valence-electron chi connectivity index (χ4n) is 3.07. The lowest BCUT2D eigenvalue weighted by atomic mass is 10.2. The molecule has 0 spiro atoms. The summed E-state index contributed by atoms with van der Waals surface area (Å²) in [6.45, 7) is 1.58. The molecule has 1 unspecified atom stereocenters. The lowest BCUT2D eigenvalue weighted by Gasteiger charge is -2.20. The van der Waals surface area contributed by atoms with Crippen LogP contribution in [0.3, 0.4) is 0 Å². The molecule has 5 heteroatoms. The summed E-state index contributed by atoms with van der Waals surface area (Å²) in [5.74, 6) is 0.814. The Bertz CT molecular complexity index is 627. The van der Waals surface area contributed by atoms with E-state index >= 15 is 0 Å². The second-order valence-electron chi connectivity index (χ2n) is 5.58. The van der Waals surface area contributed by atoms with E-state index in [9.17, 15) is 4.79 Å². The van der Waals surface area contributed by atoms with Gasteiger partial charge in [-0.05, 0) is 23.6 Å². The van der Waals surface area contributed by atoms with Crippen LogP contribution in [0.5, 0.6) is 5.75 Å². The highest BCUT2D eigenvalue weighted by Gasteiger charge is 2.32. The first-order chi connectivity index (χ1) is 10.8. The second-order valence-corrected chi connectivity index (χ2v) is 6.55. The number of benzene rings is 1. The topological polar surface area (TPSA) is 42.8 Å². The van der Waals surface area contributed by atoms with Gasteiger partial charge in [-0.3, -0.25) is 4.79 Å². The number of carbonyl (C=O) groups is 1. The number of hydrogen-bond acceptors (Lipinski definition) is 3. The van der Waals surface area contributed by atoms with Gasteiger partial charge in [0, 0.05) is 24.6 Å². The Balaban J connectivity index is 1.61. The van der Waals surface area contributed by atoms with Crippen LogP contribution < -0.4 is 15.0 Å². The summed E-state index contributed by atoms with van der Waals surface area (Å²) in [6.07, 6.45) is 2.35. The van der Waals surface area contributed by atoms with Gasteiger partial charge in [0.1, 0.15) is 11.8 Å². The van der Waals surface area contributed by atoms with Crippen LogP contribution in [0.1, 0.15) is 23.8 Å². The molecule has 2 heterocycles. The predicted octanol–water partition coefficient (Wildman–Crippen LogP) is 2.12. The number of thiophene rings is 1. The van der Waals surface area contributed by atoms with E-state index in [2.05, 4.69) is 22.8 Å². The summed E-state index contributed by atoms with van der Waals surface area (Å²) in [6, 6.07) is 12.2. The standard InChI is InChI=1S/C17H20N2O2S/c1-21-14-6-2-5-13(11-14)18-17(20)12-19-9-3-7-15(19)16-8-4-10-22-16/h2,4-6,8,10-11,15H,3,7,9,12H2,1H3,(H,18,20)/p+1/t15-/m1/s1. The normalized spacial score (nSPS) is 20.8. The maximum absolute atomic E-state index is 12.3. The number of rotatable bonds is 5. The van der Waals surface area contributed by atoms with E-state index < -0.39 is 0 Å². The lowest BCUT2D eigenvalue weighted by Crippen LogP contribution is -3.11. The monoisotopic (exact) mass is 317 g/mol. The highest BCUT2D eigenvalue weighted by atomic mass is 32.1. The molecule has 0 bridgehead atoms. The summed E-state index contributed by atoms with van der Waals surface area (Å²) >= 11 is 1.79. The van der Waals surface area contributed by atoms with Crippen LogP contribution in [0.15, 0.2) is 41.8 Å². The van der Waals surface area contributed by atoms with Crippen molar-refractivity contribution in [1.29, 1.82) is 0 Å². The number of hydrogen-bond donors (Lipinski definition) is 2. The molecule has 1 aromatic heterocycles. The number of ether oxygens (including phenoxy) is 1. The van der Waals surface area contributed by atoms with Crippen LogP contribution in [-0.2, 0) is 4.79 Å². The number of methoxy groups -OCH3 is 1. The molecule has 1 amide bonds. The van der Waals surface area contributed by atoms with Gasteiger partial charge in [-0.25, -0.2) is 0 Å². The van der Waals surface area contributed by atoms with Gasteiger partial charge >= 0.3 is 0 Å². The number of carbonyl (C=O) groups excluding carboxylic acids is 1. The smallest absolute Gasteiger partial charge is 0.279 e. The van der Waals surface area contributed by atoms with Crippen molar-refractivity contribution in [3.05, 3.63) is 46.7 Å². The SMILES string of the molecule is COc1cccc(NC(=O)C[NH+]2CCC[C@@H]2c2cccs2)c1. The minimum atomic E-state index is 0.0618. The molecule has 1 aliphatic heterocycles. The van der Waals surface area contributed by atoms with Gasteiger partial charge in [-0.1, -0.05) is 12.1 Å². The van der Waals surface area contributed by atoms with Crippen molar-refractivity contribution < 1.29 is 14.4 Å². The summed E-state index contributed by atoms with van der Waals surface area (Å²) in [7, 11) is 1.63. The molecule has 2 atom stereocenters. The fourth-order valence-corrected chi connectivity index (χ4v) is 3.99. The van der Waals surface area contributed by atoms with Crippen molar-refractivity contribution in [2.75, 3.05) is 25.5 Å². The molecule has 1 aromatic carbocycles. The molecule has 2 N–H and O–H groups in total. The third kappa shape index (κ3) is 3.48. The summed E-state index contributed by atoms with van der Waals surface area (Å²) < 4.78 is 5.18. The van der Waals surface area contributed by atoms with Crippen LogP contribution in [0.25, 0.3) is 0 Å². The summed E-state index contributed by atoms with van der Waals surface area (Å²) in [5, 5.41) is 5.09. The first-order valence-corrected chi connectivity index (χ1v) is 8.46. The molecule has 4 nitrogen and oxygen atoms in total.